The first kappa shape index (κ1) is 11.5. The topological polar surface area (TPSA) is 61.1 Å². The summed E-state index contributed by atoms with van der Waals surface area (Å²) in [6.45, 7) is 0. The molecule has 0 saturated carbocycles. The third kappa shape index (κ3) is 2.93. The van der Waals surface area contributed by atoms with Gasteiger partial charge in [-0.05, 0) is 17.7 Å². The van der Waals surface area contributed by atoms with Crippen LogP contribution in [0, 0.1) is 23.2 Å². The Morgan fingerprint density at radius 3 is 3.00 bits per heavy atom. The summed E-state index contributed by atoms with van der Waals surface area (Å²) in [5.41, 5.74) is 0.458. The smallest absolute Gasteiger partial charge is 0.321 e. The molecule has 1 N–H and O–H groups in total. The van der Waals surface area contributed by atoms with Gasteiger partial charge in [-0.2, -0.15) is 5.26 Å². The van der Waals surface area contributed by atoms with Gasteiger partial charge in [0.1, 0.15) is 11.2 Å². The van der Waals surface area contributed by atoms with Crippen molar-refractivity contribution in [1.82, 2.24) is 0 Å². The van der Waals surface area contributed by atoms with E-state index in [1.54, 1.807) is 6.07 Å². The van der Waals surface area contributed by atoms with Crippen molar-refractivity contribution in [2.45, 2.75) is 11.8 Å². The van der Waals surface area contributed by atoms with Crippen molar-refractivity contribution < 1.29 is 14.3 Å². The van der Waals surface area contributed by atoms with E-state index < -0.39 is 17.2 Å². The van der Waals surface area contributed by atoms with Gasteiger partial charge in [0.05, 0.1) is 11.6 Å². The molecule has 0 amide bonds. The van der Waals surface area contributed by atoms with Crippen LogP contribution in [0.5, 0.6) is 0 Å². The predicted octanol–water partition coefficient (Wildman–Crippen LogP) is 1.73. The van der Waals surface area contributed by atoms with Gasteiger partial charge in [-0.1, -0.05) is 0 Å². The SMILES string of the molecule is N#Cc1cc(F)[c]cc1CC(Cl)C(=O)O. The highest BCUT2D eigenvalue weighted by atomic mass is 35.5. The maximum Gasteiger partial charge on any atom is 0.321 e. The van der Waals surface area contributed by atoms with Crippen molar-refractivity contribution >= 4 is 17.6 Å². The van der Waals surface area contributed by atoms with E-state index in [4.69, 9.17) is 22.0 Å². The first-order valence-corrected chi connectivity index (χ1v) is 4.45. The van der Waals surface area contributed by atoms with Gasteiger partial charge in [-0.25, -0.2) is 4.39 Å². The number of carbonyl (C=O) groups is 1. The number of nitriles is 1. The van der Waals surface area contributed by atoms with Gasteiger partial charge in [0.25, 0.3) is 0 Å². The fourth-order valence-electron chi connectivity index (χ4n) is 1.05. The largest absolute Gasteiger partial charge is 0.480 e. The fourth-order valence-corrected chi connectivity index (χ4v) is 1.21. The van der Waals surface area contributed by atoms with Crippen LogP contribution in [-0.2, 0) is 11.2 Å². The number of aliphatic carboxylic acids is 1. The summed E-state index contributed by atoms with van der Waals surface area (Å²) in [4.78, 5) is 10.5. The fraction of sp³-hybridized carbons (Fsp3) is 0.200. The van der Waals surface area contributed by atoms with E-state index in [-0.39, 0.29) is 12.0 Å². The molecule has 77 valence electrons. The molecule has 15 heavy (non-hydrogen) atoms. The summed E-state index contributed by atoms with van der Waals surface area (Å²) in [5.74, 6) is -1.83. The highest BCUT2D eigenvalue weighted by molar-refractivity contribution is 6.29. The zero-order valence-corrected chi connectivity index (χ0v) is 8.25. The summed E-state index contributed by atoms with van der Waals surface area (Å²) < 4.78 is 12.7. The number of alkyl halides is 1. The minimum absolute atomic E-state index is 0.0312. The summed E-state index contributed by atoms with van der Waals surface area (Å²) in [7, 11) is 0. The molecule has 1 unspecified atom stereocenters. The van der Waals surface area contributed by atoms with E-state index in [1.165, 1.54) is 6.07 Å². The molecule has 0 aliphatic rings. The molecule has 5 heteroatoms. The molecule has 1 aromatic carbocycles. The van der Waals surface area contributed by atoms with Crippen LogP contribution in [-0.4, -0.2) is 16.5 Å². The van der Waals surface area contributed by atoms with Crippen LogP contribution in [0.2, 0.25) is 0 Å². The first-order chi connectivity index (χ1) is 7.04. The van der Waals surface area contributed by atoms with Crippen molar-refractivity contribution in [3.8, 4) is 6.07 Å². The third-order valence-corrected chi connectivity index (χ3v) is 2.13. The number of carboxylic acids is 1. The van der Waals surface area contributed by atoms with Crippen LogP contribution in [0.15, 0.2) is 12.1 Å². The minimum atomic E-state index is -1.18. The van der Waals surface area contributed by atoms with Gasteiger partial charge in [-0.3, -0.25) is 4.79 Å². The second-order valence-corrected chi connectivity index (χ2v) is 3.37. The predicted molar refractivity (Wildman–Crippen MR) is 50.9 cm³/mol. The molecule has 0 heterocycles. The van der Waals surface area contributed by atoms with Crippen molar-refractivity contribution in [2.75, 3.05) is 0 Å². The summed E-state index contributed by atoms with van der Waals surface area (Å²) in [6.07, 6.45) is -0.0312. The monoisotopic (exact) mass is 226 g/mol. The van der Waals surface area contributed by atoms with E-state index >= 15 is 0 Å². The number of nitrogens with zero attached hydrogens (tertiary/aromatic N) is 1. The van der Waals surface area contributed by atoms with E-state index in [1.807, 2.05) is 0 Å². The number of hydrogen-bond donors (Lipinski definition) is 1. The molecule has 1 atom stereocenters. The van der Waals surface area contributed by atoms with E-state index in [0.717, 1.165) is 6.07 Å². The molecule has 0 fully saturated rings. The van der Waals surface area contributed by atoms with Gasteiger partial charge < -0.3 is 5.11 Å². The second-order valence-electron chi connectivity index (χ2n) is 2.84. The molecule has 1 radical (unpaired) electrons. The Morgan fingerprint density at radius 1 is 1.80 bits per heavy atom. The van der Waals surface area contributed by atoms with Crippen molar-refractivity contribution in [3.05, 3.63) is 35.1 Å². The Balaban J connectivity index is 2.96. The highest BCUT2D eigenvalue weighted by Crippen LogP contribution is 2.14. The Hall–Kier alpha value is -1.60. The molecular formula is C10H6ClFNO2. The summed E-state index contributed by atoms with van der Waals surface area (Å²) in [5, 5.41) is 16.1. The zero-order chi connectivity index (χ0) is 11.4. The molecule has 0 aromatic heterocycles. The highest BCUT2D eigenvalue weighted by Gasteiger charge is 2.16. The van der Waals surface area contributed by atoms with Crippen LogP contribution in [0.3, 0.4) is 0 Å². The number of halogens is 2. The van der Waals surface area contributed by atoms with Crippen LogP contribution in [0.25, 0.3) is 0 Å². The van der Waals surface area contributed by atoms with Gasteiger partial charge in [-0.15, -0.1) is 11.6 Å². The van der Waals surface area contributed by atoms with Crippen molar-refractivity contribution in [3.63, 3.8) is 0 Å². The number of carboxylic acid groups (broad SMARTS) is 1. The number of benzene rings is 1. The third-order valence-electron chi connectivity index (χ3n) is 1.79. The Morgan fingerprint density at radius 2 is 2.47 bits per heavy atom. The summed E-state index contributed by atoms with van der Waals surface area (Å²) in [6, 6.07) is 6.26. The van der Waals surface area contributed by atoms with Crippen LogP contribution >= 0.6 is 11.6 Å². The van der Waals surface area contributed by atoms with Crippen LogP contribution in [0.1, 0.15) is 11.1 Å². The average molecular weight is 227 g/mol. The lowest BCUT2D eigenvalue weighted by Gasteiger charge is -2.05. The lowest BCUT2D eigenvalue weighted by Crippen LogP contribution is -2.16. The molecule has 0 aliphatic carbocycles. The maximum atomic E-state index is 12.7. The maximum absolute atomic E-state index is 12.7. The molecule has 1 aromatic rings. The Labute approximate surface area is 90.7 Å². The molecule has 1 rings (SSSR count). The van der Waals surface area contributed by atoms with E-state index in [9.17, 15) is 9.18 Å². The number of hydrogen-bond acceptors (Lipinski definition) is 2. The van der Waals surface area contributed by atoms with Gasteiger partial charge in [0.15, 0.2) is 0 Å². The minimum Gasteiger partial charge on any atom is -0.480 e. The molecular weight excluding hydrogens is 221 g/mol. The van der Waals surface area contributed by atoms with Crippen LogP contribution < -0.4 is 0 Å². The summed E-state index contributed by atoms with van der Waals surface area (Å²) >= 11 is 5.50. The van der Waals surface area contributed by atoms with Gasteiger partial charge in [0.2, 0.25) is 0 Å². The second kappa shape index (κ2) is 4.76. The normalized spacial score (nSPS) is 11.8. The zero-order valence-electron chi connectivity index (χ0n) is 7.50. The molecule has 0 spiro atoms. The van der Waals surface area contributed by atoms with Gasteiger partial charge >= 0.3 is 5.97 Å². The quantitative estimate of drug-likeness (QED) is 0.799. The standard InChI is InChI=1S/C10H6ClFNO2/c11-9(10(14)15)4-6-1-2-8(12)3-7(6)5-13/h1,3,9H,4H2,(H,14,15). The molecule has 0 saturated heterocycles. The number of rotatable bonds is 3. The van der Waals surface area contributed by atoms with E-state index in [2.05, 4.69) is 6.07 Å². The first-order valence-electron chi connectivity index (χ1n) is 4.01. The molecule has 0 bridgehead atoms. The molecule has 3 nitrogen and oxygen atoms in total. The van der Waals surface area contributed by atoms with Gasteiger partial charge in [0, 0.05) is 12.5 Å². The lowest BCUT2D eigenvalue weighted by molar-refractivity contribution is -0.136. The lowest BCUT2D eigenvalue weighted by atomic mass is 10.0. The molecule has 0 aliphatic heterocycles. The Kier molecular flexibility index (Phi) is 3.64. The van der Waals surface area contributed by atoms with E-state index in [0.29, 0.717) is 5.56 Å². The van der Waals surface area contributed by atoms with Crippen molar-refractivity contribution in [2.24, 2.45) is 0 Å². The average Bonchev–Trinajstić information content (AvgIpc) is 2.20. The van der Waals surface area contributed by atoms with Crippen molar-refractivity contribution in [1.29, 1.82) is 5.26 Å². The Bertz CT molecular complexity index is 428. The van der Waals surface area contributed by atoms with Crippen LogP contribution in [0.4, 0.5) is 4.39 Å².